The molecule has 0 aliphatic rings. The van der Waals surface area contributed by atoms with Crippen LogP contribution in [0.25, 0.3) is 5.69 Å². The zero-order valence-corrected chi connectivity index (χ0v) is 7.87. The van der Waals surface area contributed by atoms with Crippen LogP contribution in [0.5, 0.6) is 0 Å². The Hall–Kier alpha value is -1.55. The lowest BCUT2D eigenvalue weighted by atomic mass is 10.3. The number of nitrogen functional groups attached to an aromatic ring is 1. The largest absolute Gasteiger partial charge is 0.396 e. The summed E-state index contributed by atoms with van der Waals surface area (Å²) in [5, 5.41) is 4.03. The van der Waals surface area contributed by atoms with Gasteiger partial charge in [-0.2, -0.15) is 5.10 Å². The van der Waals surface area contributed by atoms with Crippen molar-refractivity contribution in [2.75, 3.05) is 5.73 Å². The number of aromatic nitrogens is 2. The average molecular weight is 212 g/mol. The van der Waals surface area contributed by atoms with Gasteiger partial charge in [0.05, 0.1) is 28.8 Å². The molecule has 0 aliphatic heterocycles. The van der Waals surface area contributed by atoms with Crippen LogP contribution in [0.2, 0.25) is 5.02 Å². The summed E-state index contributed by atoms with van der Waals surface area (Å²) in [5.74, 6) is -0.474. The monoisotopic (exact) mass is 211 g/mol. The molecular weight excluding hydrogens is 205 g/mol. The van der Waals surface area contributed by atoms with Crippen LogP contribution < -0.4 is 5.73 Å². The van der Waals surface area contributed by atoms with E-state index >= 15 is 0 Å². The van der Waals surface area contributed by atoms with Crippen LogP contribution in [-0.4, -0.2) is 9.78 Å². The van der Waals surface area contributed by atoms with Gasteiger partial charge in [0.25, 0.3) is 0 Å². The third-order valence-corrected chi connectivity index (χ3v) is 2.08. The Morgan fingerprint density at radius 2 is 2.21 bits per heavy atom. The van der Waals surface area contributed by atoms with Crippen molar-refractivity contribution >= 4 is 17.3 Å². The van der Waals surface area contributed by atoms with Crippen LogP contribution in [-0.2, 0) is 0 Å². The van der Waals surface area contributed by atoms with Crippen molar-refractivity contribution < 1.29 is 4.39 Å². The summed E-state index contributed by atoms with van der Waals surface area (Å²) in [5.41, 5.74) is 6.60. The SMILES string of the molecule is Nc1cnn(-c2ccc(Cl)c(F)c2)c1. The van der Waals surface area contributed by atoms with E-state index in [0.717, 1.165) is 0 Å². The number of halogens is 2. The van der Waals surface area contributed by atoms with Gasteiger partial charge >= 0.3 is 0 Å². The molecule has 0 fully saturated rings. The molecule has 0 unspecified atom stereocenters. The Bertz CT molecular complexity index is 467. The average Bonchev–Trinajstić information content (AvgIpc) is 2.57. The standard InChI is InChI=1S/C9H7ClFN3/c10-8-2-1-7(3-9(8)11)14-5-6(12)4-13-14/h1-5H,12H2. The van der Waals surface area contributed by atoms with E-state index in [1.54, 1.807) is 12.3 Å². The van der Waals surface area contributed by atoms with Crippen molar-refractivity contribution in [3.63, 3.8) is 0 Å². The summed E-state index contributed by atoms with van der Waals surface area (Å²) in [4.78, 5) is 0. The first-order valence-corrected chi connectivity index (χ1v) is 4.30. The van der Waals surface area contributed by atoms with Crippen LogP contribution in [0, 0.1) is 5.82 Å². The quantitative estimate of drug-likeness (QED) is 0.786. The van der Waals surface area contributed by atoms with Crippen LogP contribution in [0.1, 0.15) is 0 Å². The fourth-order valence-corrected chi connectivity index (χ4v) is 1.22. The second kappa shape index (κ2) is 3.31. The van der Waals surface area contributed by atoms with Crippen LogP contribution in [0.3, 0.4) is 0 Å². The maximum Gasteiger partial charge on any atom is 0.143 e. The second-order valence-corrected chi connectivity index (χ2v) is 3.22. The number of nitrogens with two attached hydrogens (primary N) is 1. The fraction of sp³-hybridized carbons (Fsp3) is 0. The number of nitrogens with zero attached hydrogens (tertiary/aromatic N) is 2. The zero-order chi connectivity index (χ0) is 10.1. The normalized spacial score (nSPS) is 10.4. The lowest BCUT2D eigenvalue weighted by Gasteiger charge is -2.01. The van der Waals surface area contributed by atoms with E-state index in [2.05, 4.69) is 5.10 Å². The van der Waals surface area contributed by atoms with Gasteiger partial charge in [0, 0.05) is 6.07 Å². The van der Waals surface area contributed by atoms with Crippen LogP contribution in [0.4, 0.5) is 10.1 Å². The van der Waals surface area contributed by atoms with Gasteiger partial charge in [0.2, 0.25) is 0 Å². The van der Waals surface area contributed by atoms with E-state index in [1.165, 1.54) is 23.0 Å². The molecule has 2 aromatic rings. The van der Waals surface area contributed by atoms with Gasteiger partial charge in [-0.3, -0.25) is 0 Å². The Morgan fingerprint density at radius 3 is 2.79 bits per heavy atom. The highest BCUT2D eigenvalue weighted by Gasteiger charge is 2.03. The fourth-order valence-electron chi connectivity index (χ4n) is 1.11. The predicted molar refractivity (Wildman–Crippen MR) is 52.9 cm³/mol. The maximum atomic E-state index is 13.1. The molecule has 3 nitrogen and oxygen atoms in total. The highest BCUT2D eigenvalue weighted by Crippen LogP contribution is 2.18. The third-order valence-electron chi connectivity index (χ3n) is 1.77. The lowest BCUT2D eigenvalue weighted by Crippen LogP contribution is -1.94. The Kier molecular flexibility index (Phi) is 2.13. The van der Waals surface area contributed by atoms with E-state index in [9.17, 15) is 4.39 Å². The van der Waals surface area contributed by atoms with Crippen molar-refractivity contribution in [2.24, 2.45) is 0 Å². The van der Waals surface area contributed by atoms with Crippen molar-refractivity contribution in [1.29, 1.82) is 0 Å². The van der Waals surface area contributed by atoms with Gasteiger partial charge in [-0.05, 0) is 12.1 Å². The van der Waals surface area contributed by atoms with Crippen molar-refractivity contribution in [2.45, 2.75) is 0 Å². The summed E-state index contributed by atoms with van der Waals surface area (Å²) >= 11 is 5.54. The molecule has 1 aromatic heterocycles. The van der Waals surface area contributed by atoms with Gasteiger partial charge < -0.3 is 5.73 Å². The summed E-state index contributed by atoms with van der Waals surface area (Å²) in [6.45, 7) is 0. The van der Waals surface area contributed by atoms with Crippen LogP contribution in [0.15, 0.2) is 30.6 Å². The summed E-state index contributed by atoms with van der Waals surface area (Å²) in [7, 11) is 0. The molecule has 0 aliphatic carbocycles. The molecule has 0 atom stereocenters. The molecule has 72 valence electrons. The van der Waals surface area contributed by atoms with Gasteiger partial charge in [-0.1, -0.05) is 11.6 Å². The topological polar surface area (TPSA) is 43.8 Å². The van der Waals surface area contributed by atoms with Crippen molar-refractivity contribution in [1.82, 2.24) is 9.78 Å². The predicted octanol–water partition coefficient (Wildman–Crippen LogP) is 2.25. The molecule has 0 saturated heterocycles. The third kappa shape index (κ3) is 1.56. The number of hydrogen-bond donors (Lipinski definition) is 1. The minimum absolute atomic E-state index is 0.0916. The molecule has 0 spiro atoms. The summed E-state index contributed by atoms with van der Waals surface area (Å²) in [6, 6.07) is 4.44. The highest BCUT2D eigenvalue weighted by atomic mass is 35.5. The Morgan fingerprint density at radius 1 is 1.43 bits per heavy atom. The Balaban J connectivity index is 2.47. The maximum absolute atomic E-state index is 13.1. The van der Waals surface area contributed by atoms with Crippen LogP contribution >= 0.6 is 11.6 Å². The highest BCUT2D eigenvalue weighted by molar-refractivity contribution is 6.30. The summed E-state index contributed by atoms with van der Waals surface area (Å²) < 4.78 is 14.5. The first-order valence-electron chi connectivity index (χ1n) is 3.92. The first-order chi connectivity index (χ1) is 6.66. The van der Waals surface area contributed by atoms with Crippen molar-refractivity contribution in [3.8, 4) is 5.69 Å². The molecular formula is C9H7ClFN3. The van der Waals surface area contributed by atoms with E-state index in [0.29, 0.717) is 11.4 Å². The number of anilines is 1. The number of rotatable bonds is 1. The van der Waals surface area contributed by atoms with E-state index < -0.39 is 5.82 Å². The molecule has 1 aromatic carbocycles. The number of benzene rings is 1. The molecule has 0 saturated carbocycles. The lowest BCUT2D eigenvalue weighted by molar-refractivity contribution is 0.626. The first kappa shape index (κ1) is 9.02. The van der Waals surface area contributed by atoms with Gasteiger partial charge in [-0.25, -0.2) is 9.07 Å². The molecule has 0 amide bonds. The number of hydrogen-bond acceptors (Lipinski definition) is 2. The minimum Gasteiger partial charge on any atom is -0.396 e. The van der Waals surface area contributed by atoms with E-state index in [1.807, 2.05) is 0 Å². The summed E-state index contributed by atoms with van der Waals surface area (Å²) in [6.07, 6.45) is 3.09. The molecule has 2 N–H and O–H groups in total. The molecule has 14 heavy (non-hydrogen) atoms. The second-order valence-electron chi connectivity index (χ2n) is 2.82. The molecule has 1 heterocycles. The van der Waals surface area contributed by atoms with Gasteiger partial charge in [-0.15, -0.1) is 0 Å². The van der Waals surface area contributed by atoms with Gasteiger partial charge in [0.1, 0.15) is 5.82 Å². The smallest absolute Gasteiger partial charge is 0.143 e. The van der Waals surface area contributed by atoms with E-state index in [4.69, 9.17) is 17.3 Å². The molecule has 0 bridgehead atoms. The van der Waals surface area contributed by atoms with Crippen molar-refractivity contribution in [3.05, 3.63) is 41.4 Å². The van der Waals surface area contributed by atoms with Gasteiger partial charge in [0.15, 0.2) is 0 Å². The molecule has 0 radical (unpaired) electrons. The minimum atomic E-state index is -0.474. The zero-order valence-electron chi connectivity index (χ0n) is 7.11. The van der Waals surface area contributed by atoms with E-state index in [-0.39, 0.29) is 5.02 Å². The Labute approximate surface area is 84.9 Å². The molecule has 2 rings (SSSR count). The molecule has 5 heteroatoms.